The fourth-order valence-electron chi connectivity index (χ4n) is 1.77. The SMILES string of the molecule is O=Cc1cc(Cl)ccc1C#CCNC(=O)OCc1ccccc1. The first kappa shape index (κ1) is 16.6. The molecular formula is C18H14ClNO3. The van der Waals surface area contributed by atoms with Crippen molar-refractivity contribution in [1.82, 2.24) is 5.32 Å². The predicted molar refractivity (Wildman–Crippen MR) is 88.3 cm³/mol. The molecule has 0 fully saturated rings. The molecule has 0 radical (unpaired) electrons. The molecule has 0 bridgehead atoms. The van der Waals surface area contributed by atoms with E-state index in [9.17, 15) is 9.59 Å². The molecule has 4 nitrogen and oxygen atoms in total. The highest BCUT2D eigenvalue weighted by atomic mass is 35.5. The third kappa shape index (κ3) is 5.50. The Kier molecular flexibility index (Phi) is 6.22. The van der Waals surface area contributed by atoms with Gasteiger partial charge in [-0.15, -0.1) is 0 Å². The van der Waals surface area contributed by atoms with Crippen LogP contribution in [0.25, 0.3) is 0 Å². The molecule has 0 aliphatic carbocycles. The van der Waals surface area contributed by atoms with E-state index in [0.29, 0.717) is 22.4 Å². The third-order valence-electron chi connectivity index (χ3n) is 2.90. The summed E-state index contributed by atoms with van der Waals surface area (Å²) < 4.78 is 5.05. The van der Waals surface area contributed by atoms with E-state index >= 15 is 0 Å². The first-order valence-corrected chi connectivity index (χ1v) is 7.25. The van der Waals surface area contributed by atoms with Gasteiger partial charge in [0.05, 0.1) is 6.54 Å². The van der Waals surface area contributed by atoms with Crippen molar-refractivity contribution >= 4 is 24.0 Å². The number of alkyl carbamates (subject to hydrolysis) is 1. The van der Waals surface area contributed by atoms with Gasteiger partial charge in [0.15, 0.2) is 6.29 Å². The minimum Gasteiger partial charge on any atom is -0.445 e. The Hall–Kier alpha value is -2.77. The number of carbonyl (C=O) groups excluding carboxylic acids is 2. The number of ether oxygens (including phenoxy) is 1. The van der Waals surface area contributed by atoms with Crippen LogP contribution in [-0.4, -0.2) is 18.9 Å². The Morgan fingerprint density at radius 1 is 1.22 bits per heavy atom. The van der Waals surface area contributed by atoms with E-state index in [2.05, 4.69) is 17.2 Å². The molecule has 0 saturated carbocycles. The third-order valence-corrected chi connectivity index (χ3v) is 3.13. The van der Waals surface area contributed by atoms with E-state index in [-0.39, 0.29) is 13.2 Å². The maximum atomic E-state index is 11.5. The van der Waals surface area contributed by atoms with Crippen LogP contribution in [0.5, 0.6) is 0 Å². The molecule has 0 aliphatic heterocycles. The number of rotatable bonds is 4. The summed E-state index contributed by atoms with van der Waals surface area (Å²) in [5, 5.41) is 3.00. The van der Waals surface area contributed by atoms with Crippen LogP contribution in [0.3, 0.4) is 0 Å². The fraction of sp³-hybridized carbons (Fsp3) is 0.111. The van der Waals surface area contributed by atoms with Crippen molar-refractivity contribution in [1.29, 1.82) is 0 Å². The van der Waals surface area contributed by atoms with Crippen LogP contribution >= 0.6 is 11.6 Å². The monoisotopic (exact) mass is 327 g/mol. The van der Waals surface area contributed by atoms with Gasteiger partial charge in [0.25, 0.3) is 0 Å². The lowest BCUT2D eigenvalue weighted by Gasteiger charge is -2.04. The number of benzene rings is 2. The van der Waals surface area contributed by atoms with Crippen molar-refractivity contribution in [2.75, 3.05) is 6.54 Å². The molecule has 0 aromatic heterocycles. The molecule has 0 unspecified atom stereocenters. The lowest BCUT2D eigenvalue weighted by molar-refractivity contribution is 0.112. The molecule has 0 aliphatic rings. The number of halogens is 1. The van der Waals surface area contributed by atoms with Crippen LogP contribution in [0.4, 0.5) is 4.79 Å². The first-order valence-electron chi connectivity index (χ1n) is 6.87. The van der Waals surface area contributed by atoms with Crippen molar-refractivity contribution in [3.63, 3.8) is 0 Å². The Morgan fingerprint density at radius 3 is 2.74 bits per heavy atom. The highest BCUT2D eigenvalue weighted by molar-refractivity contribution is 6.30. The van der Waals surface area contributed by atoms with Gasteiger partial charge in [0, 0.05) is 16.1 Å². The van der Waals surface area contributed by atoms with Gasteiger partial charge in [-0.25, -0.2) is 4.79 Å². The van der Waals surface area contributed by atoms with Gasteiger partial charge >= 0.3 is 6.09 Å². The molecule has 5 heteroatoms. The number of carbonyl (C=O) groups is 2. The van der Waals surface area contributed by atoms with Crippen molar-refractivity contribution in [2.45, 2.75) is 6.61 Å². The number of nitrogens with one attached hydrogen (secondary N) is 1. The molecule has 0 heterocycles. The summed E-state index contributed by atoms with van der Waals surface area (Å²) >= 11 is 5.80. The predicted octanol–water partition coefficient (Wildman–Crippen LogP) is 3.43. The average Bonchev–Trinajstić information content (AvgIpc) is 2.58. The smallest absolute Gasteiger partial charge is 0.408 e. The van der Waals surface area contributed by atoms with Crippen molar-refractivity contribution in [3.8, 4) is 11.8 Å². The van der Waals surface area contributed by atoms with Gasteiger partial charge in [0.1, 0.15) is 6.61 Å². The quantitative estimate of drug-likeness (QED) is 0.691. The number of aldehydes is 1. The maximum absolute atomic E-state index is 11.5. The van der Waals surface area contributed by atoms with Crippen LogP contribution < -0.4 is 5.32 Å². The molecule has 0 spiro atoms. The summed E-state index contributed by atoms with van der Waals surface area (Å²) in [4.78, 5) is 22.4. The lowest BCUT2D eigenvalue weighted by atomic mass is 10.1. The van der Waals surface area contributed by atoms with Gasteiger partial charge in [-0.1, -0.05) is 53.8 Å². The second kappa shape index (κ2) is 8.62. The molecule has 0 saturated heterocycles. The first-order chi connectivity index (χ1) is 11.2. The van der Waals surface area contributed by atoms with Crippen molar-refractivity contribution < 1.29 is 14.3 Å². The summed E-state index contributed by atoms with van der Waals surface area (Å²) in [7, 11) is 0. The van der Waals surface area contributed by atoms with Gasteiger partial charge in [-0.3, -0.25) is 4.79 Å². The van der Waals surface area contributed by atoms with E-state index in [4.69, 9.17) is 16.3 Å². The summed E-state index contributed by atoms with van der Waals surface area (Å²) in [5.41, 5.74) is 1.88. The molecule has 1 N–H and O–H groups in total. The second-order valence-electron chi connectivity index (χ2n) is 4.57. The van der Waals surface area contributed by atoms with Gasteiger partial charge in [-0.05, 0) is 23.8 Å². The van der Waals surface area contributed by atoms with Crippen LogP contribution in [0.15, 0.2) is 48.5 Å². The average molecular weight is 328 g/mol. The van der Waals surface area contributed by atoms with Gasteiger partial charge < -0.3 is 10.1 Å². The van der Waals surface area contributed by atoms with E-state index in [1.165, 1.54) is 0 Å². The number of amides is 1. The summed E-state index contributed by atoms with van der Waals surface area (Å²) in [5.74, 6) is 5.57. The molecular weight excluding hydrogens is 314 g/mol. The Bertz CT molecular complexity index is 748. The lowest BCUT2D eigenvalue weighted by Crippen LogP contribution is -2.24. The maximum Gasteiger partial charge on any atom is 0.408 e. The molecule has 23 heavy (non-hydrogen) atoms. The summed E-state index contributed by atoms with van der Waals surface area (Å²) in [6, 6.07) is 14.2. The zero-order valence-electron chi connectivity index (χ0n) is 12.2. The Morgan fingerprint density at radius 2 is 2.00 bits per heavy atom. The second-order valence-corrected chi connectivity index (χ2v) is 5.00. The van der Waals surface area contributed by atoms with Gasteiger partial charge in [0.2, 0.25) is 0 Å². The van der Waals surface area contributed by atoms with E-state index in [1.807, 2.05) is 30.3 Å². The zero-order chi connectivity index (χ0) is 16.5. The normalized spacial score (nSPS) is 9.43. The molecule has 2 rings (SSSR count). The van der Waals surface area contributed by atoms with Gasteiger partial charge in [-0.2, -0.15) is 0 Å². The minimum absolute atomic E-state index is 0.120. The molecule has 2 aromatic rings. The summed E-state index contributed by atoms with van der Waals surface area (Å²) in [6.45, 7) is 0.321. The molecule has 1 amide bonds. The van der Waals surface area contributed by atoms with E-state index < -0.39 is 6.09 Å². The van der Waals surface area contributed by atoms with E-state index in [0.717, 1.165) is 5.56 Å². The Balaban J connectivity index is 1.81. The molecule has 0 atom stereocenters. The topological polar surface area (TPSA) is 55.4 Å². The van der Waals surface area contributed by atoms with Crippen molar-refractivity contribution in [3.05, 3.63) is 70.2 Å². The highest BCUT2D eigenvalue weighted by Gasteiger charge is 2.01. The molecule has 116 valence electrons. The number of hydrogen-bond acceptors (Lipinski definition) is 3. The van der Waals surface area contributed by atoms with E-state index in [1.54, 1.807) is 18.2 Å². The van der Waals surface area contributed by atoms with Crippen LogP contribution in [0.1, 0.15) is 21.5 Å². The fourth-order valence-corrected chi connectivity index (χ4v) is 1.96. The minimum atomic E-state index is -0.546. The largest absolute Gasteiger partial charge is 0.445 e. The Labute approximate surface area is 139 Å². The summed E-state index contributed by atoms with van der Waals surface area (Å²) in [6.07, 6.45) is 0.145. The standard InChI is InChI=1S/C18H14ClNO3/c19-17-9-8-15(16(11-17)12-21)7-4-10-20-18(22)23-13-14-5-2-1-3-6-14/h1-3,5-6,8-9,11-12H,10,13H2,(H,20,22). The van der Waals surface area contributed by atoms with Crippen LogP contribution in [0.2, 0.25) is 5.02 Å². The highest BCUT2D eigenvalue weighted by Crippen LogP contribution is 2.13. The van der Waals surface area contributed by atoms with Crippen LogP contribution in [0, 0.1) is 11.8 Å². The van der Waals surface area contributed by atoms with Crippen LogP contribution in [-0.2, 0) is 11.3 Å². The zero-order valence-corrected chi connectivity index (χ0v) is 13.0. The molecule has 2 aromatic carbocycles. The van der Waals surface area contributed by atoms with Crippen molar-refractivity contribution in [2.24, 2.45) is 0 Å². The number of hydrogen-bond donors (Lipinski definition) is 1.